The Morgan fingerprint density at radius 1 is 1.06 bits per heavy atom. The van der Waals surface area contributed by atoms with Crippen molar-refractivity contribution >= 4 is 41.1 Å². The maximum atomic E-state index is 13.0. The van der Waals surface area contributed by atoms with Gasteiger partial charge in [0, 0.05) is 30.7 Å². The van der Waals surface area contributed by atoms with E-state index in [-0.39, 0.29) is 23.9 Å². The van der Waals surface area contributed by atoms with Gasteiger partial charge < -0.3 is 19.9 Å². The first-order valence-electron chi connectivity index (χ1n) is 10.6. The molecule has 1 aromatic rings. The number of nitrogens with one attached hydrogen (secondary N) is 1. The number of carbonyl (C=O) groups excluding carboxylic acids is 3. The third kappa shape index (κ3) is 6.04. The Bertz CT molecular complexity index is 848. The van der Waals surface area contributed by atoms with E-state index in [1.807, 2.05) is 20.8 Å². The van der Waals surface area contributed by atoms with E-state index in [1.54, 1.807) is 21.9 Å². The van der Waals surface area contributed by atoms with Crippen LogP contribution in [0.25, 0.3) is 0 Å². The number of nitrogens with zero attached hydrogens (tertiary/aromatic N) is 2. The Labute approximate surface area is 193 Å². The Morgan fingerprint density at radius 2 is 1.74 bits per heavy atom. The standard InChI is InChI=1S/C22H29Cl2N3O4/c1-22(2,3)31-21(30)26-11-8-15(9-12-26)25-19(28)18-5-4-10-27(18)20(29)16-13-14(23)6-7-17(16)24/h6-7,13,15,18H,4-5,8-12H2,1-3H3,(H,25,28). The minimum atomic E-state index is -0.536. The lowest BCUT2D eigenvalue weighted by molar-refractivity contribution is -0.125. The predicted molar refractivity (Wildman–Crippen MR) is 119 cm³/mol. The van der Waals surface area contributed by atoms with Crippen LogP contribution in [0.4, 0.5) is 4.79 Å². The van der Waals surface area contributed by atoms with Gasteiger partial charge in [0.25, 0.3) is 5.91 Å². The zero-order chi connectivity index (χ0) is 22.8. The van der Waals surface area contributed by atoms with E-state index in [9.17, 15) is 14.4 Å². The first kappa shape index (κ1) is 23.7. The number of hydrogen-bond donors (Lipinski definition) is 1. The van der Waals surface area contributed by atoms with E-state index in [0.717, 1.165) is 6.42 Å². The van der Waals surface area contributed by atoms with E-state index in [2.05, 4.69) is 5.32 Å². The van der Waals surface area contributed by atoms with E-state index in [0.29, 0.717) is 54.5 Å². The average molecular weight is 470 g/mol. The summed E-state index contributed by atoms with van der Waals surface area (Å²) in [6.45, 7) is 7.04. The molecule has 0 radical (unpaired) electrons. The molecule has 1 N–H and O–H groups in total. The van der Waals surface area contributed by atoms with Crippen molar-refractivity contribution in [1.29, 1.82) is 0 Å². The second-order valence-corrected chi connectivity index (χ2v) is 9.87. The van der Waals surface area contributed by atoms with Crippen molar-refractivity contribution in [3.63, 3.8) is 0 Å². The second kappa shape index (κ2) is 9.65. The number of carbonyl (C=O) groups is 3. The monoisotopic (exact) mass is 469 g/mol. The molecule has 0 aliphatic carbocycles. The van der Waals surface area contributed by atoms with Gasteiger partial charge >= 0.3 is 6.09 Å². The molecular weight excluding hydrogens is 441 g/mol. The lowest BCUT2D eigenvalue weighted by Crippen LogP contribution is -2.52. The first-order chi connectivity index (χ1) is 14.5. The molecule has 2 aliphatic heterocycles. The Morgan fingerprint density at radius 3 is 2.39 bits per heavy atom. The molecule has 0 aromatic heterocycles. The molecule has 0 saturated carbocycles. The van der Waals surface area contributed by atoms with Crippen LogP contribution >= 0.6 is 23.2 Å². The fourth-order valence-electron chi connectivity index (χ4n) is 3.93. The molecule has 2 saturated heterocycles. The van der Waals surface area contributed by atoms with E-state index >= 15 is 0 Å². The highest BCUT2D eigenvalue weighted by Crippen LogP contribution is 2.27. The molecule has 3 rings (SSSR count). The number of benzene rings is 1. The fraction of sp³-hybridized carbons (Fsp3) is 0.591. The summed E-state index contributed by atoms with van der Waals surface area (Å²) in [6, 6.07) is 4.16. The molecular formula is C22H29Cl2N3O4. The zero-order valence-electron chi connectivity index (χ0n) is 18.1. The summed E-state index contributed by atoms with van der Waals surface area (Å²) < 4.78 is 5.41. The second-order valence-electron chi connectivity index (χ2n) is 9.03. The van der Waals surface area contributed by atoms with Crippen LogP contribution in [0, 0.1) is 0 Å². The molecule has 3 amide bonds. The zero-order valence-corrected chi connectivity index (χ0v) is 19.6. The summed E-state index contributed by atoms with van der Waals surface area (Å²) in [7, 11) is 0. The van der Waals surface area contributed by atoms with Crippen LogP contribution in [-0.2, 0) is 9.53 Å². The number of halogens is 2. The highest BCUT2D eigenvalue weighted by molar-refractivity contribution is 6.35. The van der Waals surface area contributed by atoms with Gasteiger partial charge in [-0.25, -0.2) is 4.79 Å². The van der Waals surface area contributed by atoms with Gasteiger partial charge in [0.2, 0.25) is 5.91 Å². The van der Waals surface area contributed by atoms with Crippen LogP contribution in [0.5, 0.6) is 0 Å². The van der Waals surface area contributed by atoms with Crippen molar-refractivity contribution in [3.05, 3.63) is 33.8 Å². The van der Waals surface area contributed by atoms with Crippen LogP contribution in [0.15, 0.2) is 18.2 Å². The first-order valence-corrected chi connectivity index (χ1v) is 11.3. The average Bonchev–Trinajstić information content (AvgIpc) is 3.18. The van der Waals surface area contributed by atoms with E-state index < -0.39 is 11.6 Å². The molecule has 1 atom stereocenters. The van der Waals surface area contributed by atoms with Gasteiger partial charge in [-0.1, -0.05) is 23.2 Å². The van der Waals surface area contributed by atoms with Gasteiger partial charge in [0.05, 0.1) is 10.6 Å². The minimum Gasteiger partial charge on any atom is -0.444 e. The summed E-state index contributed by atoms with van der Waals surface area (Å²) in [6.07, 6.45) is 2.31. The van der Waals surface area contributed by atoms with Gasteiger partial charge in [-0.15, -0.1) is 0 Å². The molecule has 2 aliphatic rings. The van der Waals surface area contributed by atoms with Gasteiger partial charge in [0.1, 0.15) is 11.6 Å². The number of rotatable bonds is 3. The topological polar surface area (TPSA) is 79.0 Å². The largest absolute Gasteiger partial charge is 0.444 e. The van der Waals surface area contributed by atoms with Gasteiger partial charge in [-0.2, -0.15) is 0 Å². The Kier molecular flexibility index (Phi) is 7.37. The van der Waals surface area contributed by atoms with Crippen LogP contribution < -0.4 is 5.32 Å². The summed E-state index contributed by atoms with van der Waals surface area (Å²) in [5.41, 5.74) is -0.230. The lowest BCUT2D eigenvalue weighted by Gasteiger charge is -2.34. The highest BCUT2D eigenvalue weighted by atomic mass is 35.5. The maximum absolute atomic E-state index is 13.0. The molecule has 1 aromatic carbocycles. The van der Waals surface area contributed by atoms with Crippen molar-refractivity contribution < 1.29 is 19.1 Å². The molecule has 2 heterocycles. The third-order valence-electron chi connectivity index (χ3n) is 5.47. The quantitative estimate of drug-likeness (QED) is 0.721. The smallest absolute Gasteiger partial charge is 0.410 e. The number of piperidine rings is 1. The van der Waals surface area contributed by atoms with E-state index in [4.69, 9.17) is 27.9 Å². The molecule has 2 fully saturated rings. The minimum absolute atomic E-state index is 0.0431. The normalized spacial score (nSPS) is 20.0. The summed E-state index contributed by atoms with van der Waals surface area (Å²) in [5.74, 6) is -0.454. The van der Waals surface area contributed by atoms with Crippen LogP contribution in [-0.4, -0.2) is 65.0 Å². The maximum Gasteiger partial charge on any atom is 0.410 e. The number of ether oxygens (including phenoxy) is 1. The molecule has 0 bridgehead atoms. The van der Waals surface area contributed by atoms with Crippen molar-refractivity contribution in [2.45, 2.75) is 64.1 Å². The van der Waals surface area contributed by atoms with Crippen molar-refractivity contribution in [3.8, 4) is 0 Å². The lowest BCUT2D eigenvalue weighted by atomic mass is 10.0. The van der Waals surface area contributed by atoms with Crippen LogP contribution in [0.1, 0.15) is 56.8 Å². The summed E-state index contributed by atoms with van der Waals surface area (Å²) in [4.78, 5) is 41.4. The van der Waals surface area contributed by atoms with Crippen molar-refractivity contribution in [2.75, 3.05) is 19.6 Å². The number of hydrogen-bond acceptors (Lipinski definition) is 4. The third-order valence-corrected chi connectivity index (χ3v) is 6.03. The Balaban J connectivity index is 1.56. The summed E-state index contributed by atoms with van der Waals surface area (Å²) >= 11 is 12.2. The Hall–Kier alpha value is -1.99. The number of amides is 3. The van der Waals surface area contributed by atoms with Crippen LogP contribution in [0.2, 0.25) is 10.0 Å². The van der Waals surface area contributed by atoms with Crippen LogP contribution in [0.3, 0.4) is 0 Å². The number of likely N-dealkylation sites (tertiary alicyclic amines) is 2. The SMILES string of the molecule is CC(C)(C)OC(=O)N1CCC(NC(=O)C2CCCN2C(=O)c2cc(Cl)ccc2Cl)CC1. The van der Waals surface area contributed by atoms with Crippen molar-refractivity contribution in [2.24, 2.45) is 0 Å². The molecule has 1 unspecified atom stereocenters. The molecule has 9 heteroatoms. The van der Waals surface area contributed by atoms with Crippen molar-refractivity contribution in [1.82, 2.24) is 15.1 Å². The van der Waals surface area contributed by atoms with Gasteiger partial charge in [-0.3, -0.25) is 9.59 Å². The summed E-state index contributed by atoms with van der Waals surface area (Å²) in [5, 5.41) is 3.80. The molecule has 0 spiro atoms. The predicted octanol–water partition coefficient (Wildman–Crippen LogP) is 4.11. The fourth-order valence-corrected chi connectivity index (χ4v) is 4.30. The van der Waals surface area contributed by atoms with Gasteiger partial charge in [-0.05, 0) is 64.7 Å². The molecule has 170 valence electrons. The molecule has 7 nitrogen and oxygen atoms in total. The van der Waals surface area contributed by atoms with Gasteiger partial charge in [0.15, 0.2) is 0 Å². The molecule has 31 heavy (non-hydrogen) atoms. The highest BCUT2D eigenvalue weighted by Gasteiger charge is 2.36. The van der Waals surface area contributed by atoms with E-state index in [1.165, 1.54) is 6.07 Å².